The first-order valence-corrected chi connectivity index (χ1v) is 52.1. The summed E-state index contributed by atoms with van der Waals surface area (Å²) >= 11 is 0. The van der Waals surface area contributed by atoms with Crippen LogP contribution in [0.4, 0.5) is 0 Å². The Labute approximate surface area is 860 Å². The lowest BCUT2D eigenvalue weighted by atomic mass is 9.76. The van der Waals surface area contributed by atoms with Gasteiger partial charge in [-0.2, -0.15) is 0 Å². The van der Waals surface area contributed by atoms with Gasteiger partial charge in [-0.1, -0.05) is 515 Å². The maximum Gasteiger partial charge on any atom is 0.143 e. The van der Waals surface area contributed by atoms with Crippen LogP contribution in [0.2, 0.25) is 0 Å². The van der Waals surface area contributed by atoms with Gasteiger partial charge in [0.1, 0.15) is 11.2 Å². The molecule has 0 bridgehead atoms. The third kappa shape index (κ3) is 13.0. The van der Waals surface area contributed by atoms with Crippen LogP contribution in [0.5, 0.6) is 0 Å². The van der Waals surface area contributed by atoms with Crippen molar-refractivity contribution >= 4 is 151 Å². The second kappa shape index (κ2) is 33.5. The van der Waals surface area contributed by atoms with Crippen LogP contribution in [-0.2, 0) is 16.2 Å². The van der Waals surface area contributed by atoms with Gasteiger partial charge in [-0.25, -0.2) is 0 Å². The molecule has 0 N–H and O–H groups in total. The highest BCUT2D eigenvalue weighted by Gasteiger charge is 2.43. The molecule has 0 saturated carbocycles. The number of para-hydroxylation sites is 2. The topological polar surface area (TPSA) is 13.1 Å². The molecule has 0 saturated heterocycles. The molecule has 694 valence electrons. The minimum absolute atomic E-state index is 0.134. The molecule has 27 aromatic carbocycles. The van der Waals surface area contributed by atoms with Crippen LogP contribution in [0.15, 0.2) is 502 Å². The van der Waals surface area contributed by atoms with Crippen LogP contribution in [0.25, 0.3) is 274 Å². The summed E-state index contributed by atoms with van der Waals surface area (Å²) in [5.41, 5.74) is 38.2. The van der Waals surface area contributed by atoms with Gasteiger partial charge in [0, 0.05) is 32.6 Å². The number of benzene rings is 27. The fourth-order valence-electron chi connectivity index (χ4n) is 27.1. The number of rotatable bonds is 8. The lowest BCUT2D eigenvalue weighted by Crippen LogP contribution is -2.16. The van der Waals surface area contributed by atoms with Crippen molar-refractivity contribution in [1.82, 2.24) is 0 Å². The van der Waals surface area contributed by atoms with Crippen molar-refractivity contribution in [1.29, 1.82) is 0 Å². The molecule has 0 fully saturated rings. The van der Waals surface area contributed by atoms with E-state index in [4.69, 9.17) is 4.42 Å². The van der Waals surface area contributed by atoms with Gasteiger partial charge < -0.3 is 4.42 Å². The van der Waals surface area contributed by atoms with Crippen molar-refractivity contribution < 1.29 is 4.42 Å². The van der Waals surface area contributed by atoms with E-state index in [1.165, 1.54) is 279 Å². The minimum Gasteiger partial charge on any atom is -0.455 e. The zero-order chi connectivity index (χ0) is 98.5. The average molecular weight is 1880 g/mol. The first kappa shape index (κ1) is 86.5. The van der Waals surface area contributed by atoms with E-state index in [9.17, 15) is 0 Å². The quantitative estimate of drug-likeness (QED) is 0.109. The Hall–Kier alpha value is -18.1. The summed E-state index contributed by atoms with van der Waals surface area (Å²) < 4.78 is 6.60. The summed E-state index contributed by atoms with van der Waals surface area (Å²) in [7, 11) is 0. The average Bonchev–Trinajstić information content (AvgIpc) is 1.53. The lowest BCUT2D eigenvalue weighted by Gasteiger charge is -2.26. The van der Waals surface area contributed by atoms with Gasteiger partial charge in [-0.05, 0) is 304 Å². The third-order valence-electron chi connectivity index (χ3n) is 33.4. The molecule has 3 aliphatic carbocycles. The highest BCUT2D eigenvalue weighted by molar-refractivity contribution is 6.28. The summed E-state index contributed by atoms with van der Waals surface area (Å²) in [5.74, 6) is 0. The zero-order valence-electron chi connectivity index (χ0n) is 83.3. The molecule has 1 heterocycles. The number of hydrogen-bond acceptors (Lipinski definition) is 1. The zero-order valence-corrected chi connectivity index (χ0v) is 83.3. The fourth-order valence-corrected chi connectivity index (χ4v) is 27.1. The summed E-state index contributed by atoms with van der Waals surface area (Å²) in [6.45, 7) is 14.5. The van der Waals surface area contributed by atoms with E-state index in [-0.39, 0.29) is 16.2 Å². The molecule has 3 aliphatic rings. The molecule has 0 aliphatic heterocycles. The van der Waals surface area contributed by atoms with Crippen molar-refractivity contribution in [2.45, 2.75) is 57.8 Å². The number of fused-ring (bicyclic) bond motifs is 28. The van der Waals surface area contributed by atoms with Crippen molar-refractivity contribution in [3.05, 3.63) is 531 Å². The highest BCUT2D eigenvalue weighted by atomic mass is 16.3. The molecule has 31 rings (SSSR count). The van der Waals surface area contributed by atoms with E-state index in [2.05, 4.69) is 533 Å². The molecule has 0 amide bonds. The maximum absolute atomic E-state index is 6.60. The molecule has 0 atom stereocenters. The molecule has 1 aromatic heterocycles. The molecular formula is C147H100O. The van der Waals surface area contributed by atoms with Crippen molar-refractivity contribution in [2.24, 2.45) is 0 Å². The Morgan fingerprint density at radius 3 is 0.831 bits per heavy atom. The van der Waals surface area contributed by atoms with Crippen molar-refractivity contribution in [3.8, 4) is 122 Å². The monoisotopic (exact) mass is 1880 g/mol. The SMILES string of the molecule is CC1(C)c2ccc3ccccc3c2-c2cccc(-c3c4ccccc4c(-c4ccc5ccccc5c4)c4ccccc34)c21.CC1(C)c2ccc3ccccc3c2-c2cccc(-c3c4ccccc4c(-c4cccc(-c5cc6ccccc6c6ccccc56)c4)c4ccccc34)c21.CC1(C)c2ccc3ccccc3c2-c2cccc(-c3c4ccccc4c(-c4ccccc4-c4cccc5c4oc4ccccc45)c4ccccc34)c21. The molecule has 1 nitrogen and oxygen atoms in total. The molecule has 148 heavy (non-hydrogen) atoms. The van der Waals surface area contributed by atoms with Crippen LogP contribution < -0.4 is 0 Å². The number of furan rings is 1. The van der Waals surface area contributed by atoms with Crippen LogP contribution in [0.3, 0.4) is 0 Å². The molecule has 0 unspecified atom stereocenters. The van der Waals surface area contributed by atoms with Gasteiger partial charge in [0.15, 0.2) is 0 Å². The normalized spacial score (nSPS) is 13.4. The third-order valence-corrected chi connectivity index (χ3v) is 33.4. The van der Waals surface area contributed by atoms with Gasteiger partial charge in [-0.15, -0.1) is 0 Å². The van der Waals surface area contributed by atoms with Gasteiger partial charge in [0.05, 0.1) is 0 Å². The second-order valence-electron chi connectivity index (χ2n) is 42.4. The van der Waals surface area contributed by atoms with Gasteiger partial charge >= 0.3 is 0 Å². The molecule has 0 radical (unpaired) electrons. The highest BCUT2D eigenvalue weighted by Crippen LogP contribution is 2.62. The van der Waals surface area contributed by atoms with Crippen molar-refractivity contribution in [2.75, 3.05) is 0 Å². The Kier molecular flexibility index (Phi) is 19.6. The molecule has 0 spiro atoms. The summed E-state index contributed by atoms with van der Waals surface area (Å²) in [6, 6.07) is 184. The predicted molar refractivity (Wildman–Crippen MR) is 633 cm³/mol. The summed E-state index contributed by atoms with van der Waals surface area (Å²) in [4.78, 5) is 0. The molecule has 1 heteroatoms. The van der Waals surface area contributed by atoms with Gasteiger partial charge in [0.2, 0.25) is 0 Å². The van der Waals surface area contributed by atoms with Crippen LogP contribution in [0, 0.1) is 0 Å². The van der Waals surface area contributed by atoms with E-state index in [0.29, 0.717) is 0 Å². The Morgan fingerprint density at radius 2 is 0.405 bits per heavy atom. The predicted octanol–water partition coefficient (Wildman–Crippen LogP) is 41.1. The lowest BCUT2D eigenvalue weighted by molar-refractivity contribution is 0.662. The maximum atomic E-state index is 6.60. The van der Waals surface area contributed by atoms with E-state index in [1.807, 2.05) is 6.07 Å². The van der Waals surface area contributed by atoms with E-state index < -0.39 is 0 Å². The Bertz CT molecular complexity index is 10400. The largest absolute Gasteiger partial charge is 0.455 e. The van der Waals surface area contributed by atoms with Crippen LogP contribution >= 0.6 is 0 Å². The van der Waals surface area contributed by atoms with E-state index in [1.54, 1.807) is 0 Å². The standard InChI is InChI=1S/C53H36.C51H34O.C43H30/c1-53(2)48-30-29-33-15-3-6-20-38(33)51(48)46-28-14-27-45(52(46)53)50-43-25-11-9-23-41(43)49(42-24-10-12-26-44(42)50)36-18-13-17-34(31-36)47-32-35-16-4-5-19-37(35)39-21-7-8-22-40(39)47;1-51(2)44-30-29-31-15-3-4-16-32(31)48(44)43-27-14-26-42(49(43)51)47-38-22-9-7-20-36(38)46(37-21-8-10-23-39(37)47)35-19-6-5-17-33(35)40-24-13-25-41-34-18-11-12-28-45(34)52-50(40)41;1-43(2)38-25-24-28-13-5-6-15-31(28)41(38)37-21-11-20-36(42(37)43)40-34-18-9-7-16-32(34)39(33-17-8-10-19-35(33)40)30-23-22-27-12-3-4-14-29(27)26-30/h3-32H,1-2H3;3-30H,1-2H3;3-26H,1-2H3. The van der Waals surface area contributed by atoms with E-state index >= 15 is 0 Å². The fraction of sp³-hybridized carbons (Fsp3) is 0.0612. The second-order valence-corrected chi connectivity index (χ2v) is 42.4. The van der Waals surface area contributed by atoms with Crippen LogP contribution in [-0.4, -0.2) is 0 Å². The first-order valence-electron chi connectivity index (χ1n) is 52.1. The Morgan fingerprint density at radius 1 is 0.135 bits per heavy atom. The summed E-state index contributed by atoms with van der Waals surface area (Å²) in [5, 5.41) is 33.1. The molecule has 28 aromatic rings. The Balaban J connectivity index is 0.000000105. The van der Waals surface area contributed by atoms with Gasteiger partial charge in [0.25, 0.3) is 0 Å². The summed E-state index contributed by atoms with van der Waals surface area (Å²) in [6.07, 6.45) is 0. The van der Waals surface area contributed by atoms with Gasteiger partial charge in [-0.3, -0.25) is 0 Å². The van der Waals surface area contributed by atoms with Crippen LogP contribution in [0.1, 0.15) is 74.9 Å². The molecular weight excluding hydrogens is 1780 g/mol. The van der Waals surface area contributed by atoms with E-state index in [0.717, 1.165) is 27.5 Å². The first-order chi connectivity index (χ1) is 72.8. The smallest absolute Gasteiger partial charge is 0.143 e. The minimum atomic E-state index is -0.177. The number of hydrogen-bond donors (Lipinski definition) is 0. The van der Waals surface area contributed by atoms with Crippen molar-refractivity contribution in [3.63, 3.8) is 0 Å².